The Hall–Kier alpha value is -0.830. The number of aliphatic hydroxyl groups is 1. The van der Waals surface area contributed by atoms with Gasteiger partial charge < -0.3 is 10.2 Å². The lowest BCUT2D eigenvalue weighted by atomic mass is 9.92. The highest BCUT2D eigenvalue weighted by Crippen LogP contribution is 2.49. The number of carboxylic acid groups (broad SMARTS) is 1. The Morgan fingerprint density at radius 1 is 1.35 bits per heavy atom. The van der Waals surface area contributed by atoms with E-state index in [-0.39, 0.29) is 6.42 Å². The number of carboxylic acids is 1. The highest BCUT2D eigenvalue weighted by Gasteiger charge is 2.40. The third-order valence-corrected chi connectivity index (χ3v) is 4.40. The molecule has 0 amide bonds. The van der Waals surface area contributed by atoms with Crippen LogP contribution in [0.4, 0.5) is 0 Å². The zero-order chi connectivity index (χ0) is 12.3. The topological polar surface area (TPSA) is 57.5 Å². The van der Waals surface area contributed by atoms with Crippen molar-refractivity contribution >= 4 is 5.97 Å². The minimum absolute atomic E-state index is 0.274. The van der Waals surface area contributed by atoms with Crippen molar-refractivity contribution in [2.45, 2.75) is 44.9 Å². The summed E-state index contributed by atoms with van der Waals surface area (Å²) in [6, 6.07) is 0. The molecule has 0 aliphatic heterocycles. The normalized spacial score (nSPS) is 34.2. The van der Waals surface area contributed by atoms with E-state index in [0.717, 1.165) is 25.2 Å². The number of aliphatic hydroxyl groups excluding tert-OH is 1. The van der Waals surface area contributed by atoms with Crippen molar-refractivity contribution in [3.8, 4) is 0 Å². The van der Waals surface area contributed by atoms with Crippen molar-refractivity contribution in [3.05, 3.63) is 11.6 Å². The molecule has 0 heterocycles. The molecule has 2 aliphatic rings. The molecule has 3 nitrogen and oxygen atoms in total. The Labute approximate surface area is 103 Å². The van der Waals surface area contributed by atoms with E-state index in [1.807, 2.05) is 0 Å². The van der Waals surface area contributed by atoms with Crippen LogP contribution in [0.15, 0.2) is 11.6 Å². The second kappa shape index (κ2) is 5.67. The molecule has 1 unspecified atom stereocenters. The van der Waals surface area contributed by atoms with Gasteiger partial charge in [0.1, 0.15) is 0 Å². The van der Waals surface area contributed by atoms with Crippen LogP contribution in [0.3, 0.4) is 0 Å². The lowest BCUT2D eigenvalue weighted by Crippen LogP contribution is -2.12. The van der Waals surface area contributed by atoms with Crippen LogP contribution in [0.5, 0.6) is 0 Å². The molecule has 0 saturated heterocycles. The zero-order valence-electron chi connectivity index (χ0n) is 10.3. The molecule has 2 aliphatic carbocycles. The highest BCUT2D eigenvalue weighted by atomic mass is 16.4. The van der Waals surface area contributed by atoms with Crippen LogP contribution >= 0.6 is 0 Å². The molecular formula is C14H22O3. The first-order valence-corrected chi connectivity index (χ1v) is 6.71. The van der Waals surface area contributed by atoms with Gasteiger partial charge in [-0.05, 0) is 56.3 Å². The molecule has 0 bridgehead atoms. The molecule has 0 aromatic heterocycles. The molecule has 96 valence electrons. The van der Waals surface area contributed by atoms with Gasteiger partial charge in [-0.1, -0.05) is 11.6 Å². The molecule has 2 fully saturated rings. The Bertz CT molecular complexity index is 309. The monoisotopic (exact) mass is 238 g/mol. The van der Waals surface area contributed by atoms with Crippen LogP contribution in [0.2, 0.25) is 0 Å². The molecule has 3 atom stereocenters. The van der Waals surface area contributed by atoms with Crippen molar-refractivity contribution in [3.63, 3.8) is 0 Å². The summed E-state index contributed by atoms with van der Waals surface area (Å²) in [5.41, 5.74) is 1.50. The quantitative estimate of drug-likeness (QED) is 0.571. The van der Waals surface area contributed by atoms with Gasteiger partial charge in [-0.25, -0.2) is 0 Å². The summed E-state index contributed by atoms with van der Waals surface area (Å²) >= 11 is 0. The van der Waals surface area contributed by atoms with Gasteiger partial charge in [0.25, 0.3) is 0 Å². The predicted octanol–water partition coefficient (Wildman–Crippen LogP) is 2.60. The van der Waals surface area contributed by atoms with E-state index in [4.69, 9.17) is 5.11 Å². The van der Waals surface area contributed by atoms with E-state index in [0.29, 0.717) is 18.4 Å². The third-order valence-electron chi connectivity index (χ3n) is 4.40. The molecule has 0 aromatic carbocycles. The largest absolute Gasteiger partial charge is 0.481 e. The van der Waals surface area contributed by atoms with E-state index in [1.54, 1.807) is 0 Å². The van der Waals surface area contributed by atoms with Crippen LogP contribution < -0.4 is 0 Å². The molecule has 2 N–H and O–H groups in total. The average Bonchev–Trinajstić information content (AvgIpc) is 2.83. The maximum Gasteiger partial charge on any atom is 0.303 e. The van der Waals surface area contributed by atoms with Crippen molar-refractivity contribution in [1.82, 2.24) is 0 Å². The van der Waals surface area contributed by atoms with Gasteiger partial charge >= 0.3 is 5.97 Å². The standard InChI is InChI=1S/C14H22O3/c15-9-12-6-5-11-7-10(8-13(11)12)3-1-2-4-14(16)17/h3,11-13,15H,1-2,4-9H2,(H,16,17)/t11-,12?,13+/m1/s1. The maximum atomic E-state index is 10.4. The summed E-state index contributed by atoms with van der Waals surface area (Å²) in [6.45, 7) is 0.341. The smallest absolute Gasteiger partial charge is 0.303 e. The van der Waals surface area contributed by atoms with Gasteiger partial charge in [-0.2, -0.15) is 0 Å². The van der Waals surface area contributed by atoms with Crippen LogP contribution in [-0.2, 0) is 4.79 Å². The summed E-state index contributed by atoms with van der Waals surface area (Å²) in [7, 11) is 0. The van der Waals surface area contributed by atoms with E-state index in [2.05, 4.69) is 6.08 Å². The minimum atomic E-state index is -0.702. The first-order valence-electron chi connectivity index (χ1n) is 6.71. The number of unbranched alkanes of at least 4 members (excludes halogenated alkanes) is 1. The zero-order valence-corrected chi connectivity index (χ0v) is 10.3. The fourth-order valence-corrected chi connectivity index (χ4v) is 3.50. The van der Waals surface area contributed by atoms with Gasteiger partial charge in [-0.3, -0.25) is 4.79 Å². The lowest BCUT2D eigenvalue weighted by Gasteiger charge is -2.14. The molecule has 17 heavy (non-hydrogen) atoms. The molecule has 0 radical (unpaired) electrons. The lowest BCUT2D eigenvalue weighted by molar-refractivity contribution is -0.137. The number of allylic oxidation sites excluding steroid dienone is 2. The van der Waals surface area contributed by atoms with Crippen LogP contribution in [0, 0.1) is 17.8 Å². The van der Waals surface area contributed by atoms with Gasteiger partial charge in [0.2, 0.25) is 0 Å². The Morgan fingerprint density at radius 3 is 2.88 bits per heavy atom. The minimum Gasteiger partial charge on any atom is -0.481 e. The van der Waals surface area contributed by atoms with E-state index < -0.39 is 5.97 Å². The number of carbonyl (C=O) groups is 1. The van der Waals surface area contributed by atoms with Crippen molar-refractivity contribution < 1.29 is 15.0 Å². The maximum absolute atomic E-state index is 10.4. The van der Waals surface area contributed by atoms with E-state index in [9.17, 15) is 9.90 Å². The third kappa shape index (κ3) is 3.09. The second-order valence-electron chi connectivity index (χ2n) is 5.50. The number of aliphatic carboxylic acids is 1. The van der Waals surface area contributed by atoms with Gasteiger partial charge in [0, 0.05) is 13.0 Å². The predicted molar refractivity (Wildman–Crippen MR) is 65.6 cm³/mol. The van der Waals surface area contributed by atoms with Gasteiger partial charge in [-0.15, -0.1) is 0 Å². The fourth-order valence-electron chi connectivity index (χ4n) is 3.50. The van der Waals surface area contributed by atoms with E-state index in [1.165, 1.54) is 24.8 Å². The fraction of sp³-hybridized carbons (Fsp3) is 0.786. The van der Waals surface area contributed by atoms with Crippen molar-refractivity contribution in [2.24, 2.45) is 17.8 Å². The van der Waals surface area contributed by atoms with Crippen LogP contribution in [0.25, 0.3) is 0 Å². The first-order chi connectivity index (χ1) is 8.20. The van der Waals surface area contributed by atoms with Crippen LogP contribution in [0.1, 0.15) is 44.9 Å². The molecule has 0 aromatic rings. The van der Waals surface area contributed by atoms with Crippen molar-refractivity contribution in [1.29, 1.82) is 0 Å². The average molecular weight is 238 g/mol. The number of hydrogen-bond acceptors (Lipinski definition) is 2. The van der Waals surface area contributed by atoms with Gasteiger partial charge in [0.15, 0.2) is 0 Å². The summed E-state index contributed by atoms with van der Waals surface area (Å²) in [6.07, 6.45) is 8.95. The number of rotatable bonds is 5. The van der Waals surface area contributed by atoms with Crippen LogP contribution in [-0.4, -0.2) is 22.8 Å². The summed E-state index contributed by atoms with van der Waals surface area (Å²) in [5.74, 6) is 1.31. The summed E-state index contributed by atoms with van der Waals surface area (Å²) in [5, 5.41) is 17.8. The SMILES string of the molecule is O=C(O)CCCC=C1C[C@H]2CCC(CO)[C@H]2C1. The molecular weight excluding hydrogens is 216 g/mol. The Kier molecular flexibility index (Phi) is 4.21. The highest BCUT2D eigenvalue weighted by molar-refractivity contribution is 5.66. The van der Waals surface area contributed by atoms with Crippen molar-refractivity contribution in [2.75, 3.05) is 6.61 Å². The molecule has 0 spiro atoms. The number of fused-ring (bicyclic) bond motifs is 1. The first kappa shape index (κ1) is 12.6. The second-order valence-corrected chi connectivity index (χ2v) is 5.50. The van der Waals surface area contributed by atoms with Gasteiger partial charge in [0.05, 0.1) is 0 Å². The Morgan fingerprint density at radius 2 is 2.18 bits per heavy atom. The summed E-state index contributed by atoms with van der Waals surface area (Å²) < 4.78 is 0. The van der Waals surface area contributed by atoms with E-state index >= 15 is 0 Å². The molecule has 2 rings (SSSR count). The molecule has 2 saturated carbocycles. The summed E-state index contributed by atoms with van der Waals surface area (Å²) in [4.78, 5) is 10.4. The number of hydrogen-bond donors (Lipinski definition) is 2. The Balaban J connectivity index is 1.78. The molecule has 3 heteroatoms.